The molecule has 8 heteroatoms. The number of H-pyrrole nitrogens is 1. The standard InChI is InChI=1S/C10H7F4IN2S/c11-5-3-8-7(4-6(5)15)16-9(18)17(8)2-1-10(12,13)14/h3-4H,1-2H2,(H,16,18). The second-order valence-electron chi connectivity index (χ2n) is 3.73. The first kappa shape index (κ1) is 13.8. The van der Waals surface area contributed by atoms with Crippen molar-refractivity contribution in [2.45, 2.75) is 19.1 Å². The Morgan fingerprint density at radius 2 is 2.00 bits per heavy atom. The predicted octanol–water partition coefficient (Wildman–Crippen LogP) is 4.39. The molecule has 0 amide bonds. The van der Waals surface area contributed by atoms with Gasteiger partial charge >= 0.3 is 6.18 Å². The van der Waals surface area contributed by atoms with Gasteiger partial charge < -0.3 is 9.55 Å². The third-order valence-electron chi connectivity index (χ3n) is 2.44. The number of fused-ring (bicyclic) bond motifs is 1. The predicted molar refractivity (Wildman–Crippen MR) is 70.5 cm³/mol. The van der Waals surface area contributed by atoms with Gasteiger partial charge in [-0.25, -0.2) is 4.39 Å². The van der Waals surface area contributed by atoms with E-state index in [2.05, 4.69) is 4.98 Å². The maximum Gasteiger partial charge on any atom is 0.390 e. The average molecular weight is 390 g/mol. The van der Waals surface area contributed by atoms with Gasteiger partial charge in [0.1, 0.15) is 5.82 Å². The number of nitrogens with one attached hydrogen (secondary N) is 1. The first-order valence-corrected chi connectivity index (χ1v) is 6.41. The van der Waals surface area contributed by atoms with E-state index in [-0.39, 0.29) is 11.3 Å². The molecule has 1 heterocycles. The SMILES string of the molecule is Fc1cc2c(cc1I)[nH]c(=S)n2CCC(F)(F)F. The Balaban J connectivity index is 2.47. The molecule has 1 N–H and O–H groups in total. The van der Waals surface area contributed by atoms with E-state index >= 15 is 0 Å². The number of aryl methyl sites for hydroxylation is 1. The van der Waals surface area contributed by atoms with Crippen LogP contribution in [0.2, 0.25) is 0 Å². The van der Waals surface area contributed by atoms with Gasteiger partial charge in [0.25, 0.3) is 0 Å². The topological polar surface area (TPSA) is 20.7 Å². The van der Waals surface area contributed by atoms with Crippen molar-refractivity contribution in [3.05, 3.63) is 26.3 Å². The molecule has 0 atom stereocenters. The summed E-state index contributed by atoms with van der Waals surface area (Å²) in [5.74, 6) is -0.474. The van der Waals surface area contributed by atoms with Crippen LogP contribution in [0, 0.1) is 14.2 Å². The van der Waals surface area contributed by atoms with Crippen molar-refractivity contribution in [2.75, 3.05) is 0 Å². The van der Waals surface area contributed by atoms with Crippen molar-refractivity contribution < 1.29 is 17.6 Å². The van der Waals surface area contributed by atoms with Gasteiger partial charge in [-0.05, 0) is 40.9 Å². The smallest absolute Gasteiger partial charge is 0.331 e. The van der Waals surface area contributed by atoms with E-state index in [1.807, 2.05) is 22.6 Å². The van der Waals surface area contributed by atoms with Crippen LogP contribution in [0.3, 0.4) is 0 Å². The molecule has 0 aliphatic carbocycles. The fourth-order valence-electron chi connectivity index (χ4n) is 1.61. The molecule has 18 heavy (non-hydrogen) atoms. The molecule has 2 nitrogen and oxygen atoms in total. The Labute approximate surface area is 118 Å². The van der Waals surface area contributed by atoms with Gasteiger partial charge in [0, 0.05) is 12.6 Å². The molecule has 0 aliphatic heterocycles. The molecule has 2 aromatic rings. The minimum atomic E-state index is -4.26. The quantitative estimate of drug-likeness (QED) is 0.458. The number of aromatic amines is 1. The summed E-state index contributed by atoms with van der Waals surface area (Å²) in [6, 6.07) is 2.71. The Morgan fingerprint density at radius 3 is 2.61 bits per heavy atom. The number of halogens is 5. The van der Waals surface area contributed by atoms with E-state index in [9.17, 15) is 17.6 Å². The summed E-state index contributed by atoms with van der Waals surface area (Å²) in [5, 5.41) is 0. The highest BCUT2D eigenvalue weighted by molar-refractivity contribution is 14.1. The van der Waals surface area contributed by atoms with Crippen LogP contribution >= 0.6 is 34.8 Å². The van der Waals surface area contributed by atoms with E-state index in [1.54, 1.807) is 0 Å². The minimum absolute atomic E-state index is 0.163. The first-order chi connectivity index (χ1) is 8.28. The molecule has 0 unspecified atom stereocenters. The minimum Gasteiger partial charge on any atom is -0.331 e. The second kappa shape index (κ2) is 4.80. The average Bonchev–Trinajstić information content (AvgIpc) is 2.51. The van der Waals surface area contributed by atoms with E-state index in [4.69, 9.17) is 12.2 Å². The van der Waals surface area contributed by atoms with Crippen molar-refractivity contribution >= 4 is 45.8 Å². The fourth-order valence-corrected chi connectivity index (χ4v) is 2.38. The molecule has 0 saturated heterocycles. The normalized spacial score (nSPS) is 12.3. The molecule has 1 aromatic carbocycles. The number of hydrogen-bond donors (Lipinski definition) is 1. The van der Waals surface area contributed by atoms with Crippen LogP contribution in [-0.2, 0) is 6.54 Å². The molecule has 0 fully saturated rings. The van der Waals surface area contributed by atoms with Crippen molar-refractivity contribution in [1.29, 1.82) is 0 Å². The summed E-state index contributed by atoms with van der Waals surface area (Å²) in [6.07, 6.45) is -5.26. The summed E-state index contributed by atoms with van der Waals surface area (Å²) in [6.45, 7) is -0.317. The molecule has 0 saturated carbocycles. The fraction of sp³-hybridized carbons (Fsp3) is 0.300. The zero-order chi connectivity index (χ0) is 13.5. The van der Waals surface area contributed by atoms with Crippen LogP contribution in [0.5, 0.6) is 0 Å². The van der Waals surface area contributed by atoms with E-state index in [1.165, 1.54) is 16.7 Å². The Hall–Kier alpha value is -0.640. The molecule has 0 radical (unpaired) electrons. The van der Waals surface area contributed by atoms with Crippen LogP contribution < -0.4 is 0 Å². The lowest BCUT2D eigenvalue weighted by Crippen LogP contribution is -2.12. The van der Waals surface area contributed by atoms with Gasteiger partial charge in [0.05, 0.1) is 21.0 Å². The third-order valence-corrected chi connectivity index (χ3v) is 3.58. The number of hydrogen-bond acceptors (Lipinski definition) is 1. The third kappa shape index (κ3) is 2.85. The Morgan fingerprint density at radius 1 is 1.33 bits per heavy atom. The van der Waals surface area contributed by atoms with Gasteiger partial charge in [0.2, 0.25) is 0 Å². The number of aromatic nitrogens is 2. The molecular weight excluding hydrogens is 383 g/mol. The summed E-state index contributed by atoms with van der Waals surface area (Å²) < 4.78 is 51.8. The van der Waals surface area contributed by atoms with Crippen molar-refractivity contribution in [3.63, 3.8) is 0 Å². The van der Waals surface area contributed by atoms with Crippen molar-refractivity contribution in [1.82, 2.24) is 9.55 Å². The summed E-state index contributed by atoms with van der Waals surface area (Å²) >= 11 is 6.75. The van der Waals surface area contributed by atoms with Crippen LogP contribution in [0.25, 0.3) is 11.0 Å². The van der Waals surface area contributed by atoms with Crippen LogP contribution in [0.15, 0.2) is 12.1 Å². The number of rotatable bonds is 2. The van der Waals surface area contributed by atoms with E-state index < -0.39 is 18.4 Å². The molecule has 0 aliphatic rings. The molecule has 1 aromatic heterocycles. The Bertz CT molecular complexity index is 644. The van der Waals surface area contributed by atoms with Gasteiger partial charge in [-0.15, -0.1) is 0 Å². The van der Waals surface area contributed by atoms with Crippen LogP contribution in [0.4, 0.5) is 17.6 Å². The highest BCUT2D eigenvalue weighted by Crippen LogP contribution is 2.24. The lowest BCUT2D eigenvalue weighted by molar-refractivity contribution is -0.136. The van der Waals surface area contributed by atoms with Crippen molar-refractivity contribution in [3.8, 4) is 0 Å². The zero-order valence-corrected chi connectivity index (χ0v) is 11.8. The van der Waals surface area contributed by atoms with Crippen LogP contribution in [-0.4, -0.2) is 15.7 Å². The number of nitrogens with zero attached hydrogens (tertiary/aromatic N) is 1. The lowest BCUT2D eigenvalue weighted by atomic mass is 10.3. The maximum absolute atomic E-state index is 13.4. The molecule has 2 rings (SSSR count). The molecule has 0 bridgehead atoms. The zero-order valence-electron chi connectivity index (χ0n) is 8.81. The number of imidazole rings is 1. The molecular formula is C10H7F4IN2S. The monoisotopic (exact) mass is 390 g/mol. The van der Waals surface area contributed by atoms with Gasteiger partial charge in [-0.1, -0.05) is 0 Å². The largest absolute Gasteiger partial charge is 0.390 e. The first-order valence-electron chi connectivity index (χ1n) is 4.92. The number of alkyl halides is 3. The summed E-state index contributed by atoms with van der Waals surface area (Å²) in [5.41, 5.74) is 0.884. The lowest BCUT2D eigenvalue weighted by Gasteiger charge is -2.08. The van der Waals surface area contributed by atoms with E-state index in [0.717, 1.165) is 0 Å². The maximum atomic E-state index is 13.4. The van der Waals surface area contributed by atoms with Gasteiger partial charge in [0.15, 0.2) is 4.77 Å². The highest BCUT2D eigenvalue weighted by atomic mass is 127. The number of benzene rings is 1. The molecule has 0 spiro atoms. The summed E-state index contributed by atoms with van der Waals surface area (Å²) in [4.78, 5) is 2.77. The molecule has 98 valence electrons. The summed E-state index contributed by atoms with van der Waals surface area (Å²) in [7, 11) is 0. The van der Waals surface area contributed by atoms with Gasteiger partial charge in [-0.3, -0.25) is 0 Å². The second-order valence-corrected chi connectivity index (χ2v) is 5.28. The highest BCUT2D eigenvalue weighted by Gasteiger charge is 2.27. The van der Waals surface area contributed by atoms with E-state index in [0.29, 0.717) is 14.6 Å². The Kier molecular flexibility index (Phi) is 3.67. The van der Waals surface area contributed by atoms with Crippen LogP contribution in [0.1, 0.15) is 6.42 Å². The van der Waals surface area contributed by atoms with Crippen molar-refractivity contribution in [2.24, 2.45) is 0 Å². The van der Waals surface area contributed by atoms with Gasteiger partial charge in [-0.2, -0.15) is 13.2 Å².